The number of rotatable bonds is 4. The summed E-state index contributed by atoms with van der Waals surface area (Å²) < 4.78 is 14.0. The number of aromatic nitrogens is 2. The molecule has 1 aromatic heterocycles. The van der Waals surface area contributed by atoms with Gasteiger partial charge in [0.05, 0.1) is 4.75 Å². The fourth-order valence-corrected chi connectivity index (χ4v) is 4.92. The van der Waals surface area contributed by atoms with E-state index in [0.717, 1.165) is 25.7 Å². The van der Waals surface area contributed by atoms with Crippen molar-refractivity contribution in [2.45, 2.75) is 50.3 Å². The van der Waals surface area contributed by atoms with E-state index in [0.29, 0.717) is 30.7 Å². The minimum atomic E-state index is -0.818. The highest BCUT2D eigenvalue weighted by Gasteiger charge is 2.40. The first-order chi connectivity index (χ1) is 10.1. The topological polar surface area (TPSA) is 55.2 Å². The fourth-order valence-electron chi connectivity index (χ4n) is 3.16. The first-order valence-electron chi connectivity index (χ1n) is 7.82. The second-order valence-electron chi connectivity index (χ2n) is 6.06. The van der Waals surface area contributed by atoms with E-state index >= 15 is 0 Å². The van der Waals surface area contributed by atoms with Crippen LogP contribution in [-0.2, 0) is 10.8 Å². The van der Waals surface area contributed by atoms with E-state index in [-0.39, 0.29) is 10.3 Å². The summed E-state index contributed by atoms with van der Waals surface area (Å²) in [5, 5.41) is 0. The van der Waals surface area contributed by atoms with Gasteiger partial charge in [-0.15, -0.1) is 0 Å². The van der Waals surface area contributed by atoms with Crippen molar-refractivity contribution in [1.29, 1.82) is 0 Å². The Kier molecular flexibility index (Phi) is 3.90. The molecule has 1 saturated heterocycles. The molecule has 5 nitrogen and oxygen atoms in total. The van der Waals surface area contributed by atoms with Gasteiger partial charge in [-0.3, -0.25) is 9.00 Å². The largest absolute Gasteiger partial charge is 0.350 e. The average Bonchev–Trinajstić information content (AvgIpc) is 3.33. The Morgan fingerprint density at radius 3 is 2.71 bits per heavy atom. The summed E-state index contributed by atoms with van der Waals surface area (Å²) in [4.78, 5) is 19.0. The number of nitrogens with zero attached hydrogens (tertiary/aromatic N) is 3. The van der Waals surface area contributed by atoms with Crippen LogP contribution in [0.25, 0.3) is 0 Å². The number of hydrogen-bond acceptors (Lipinski definition) is 4. The maximum Gasteiger partial charge on any atom is 0.293 e. The highest BCUT2D eigenvalue weighted by Crippen LogP contribution is 2.34. The van der Waals surface area contributed by atoms with Crippen molar-refractivity contribution in [2.75, 3.05) is 23.7 Å². The molecule has 1 unspecified atom stereocenters. The van der Waals surface area contributed by atoms with Gasteiger partial charge >= 0.3 is 0 Å². The Morgan fingerprint density at radius 2 is 2.10 bits per heavy atom. The van der Waals surface area contributed by atoms with E-state index in [9.17, 15) is 9.00 Å². The van der Waals surface area contributed by atoms with Gasteiger partial charge in [-0.25, -0.2) is 4.98 Å². The van der Waals surface area contributed by atoms with E-state index in [4.69, 9.17) is 0 Å². The Balaban J connectivity index is 1.92. The Morgan fingerprint density at radius 1 is 1.38 bits per heavy atom. The van der Waals surface area contributed by atoms with Crippen molar-refractivity contribution in [1.82, 2.24) is 9.55 Å². The van der Waals surface area contributed by atoms with Gasteiger partial charge in [0.1, 0.15) is 0 Å². The zero-order valence-corrected chi connectivity index (χ0v) is 13.6. The maximum atomic E-state index is 12.6. The molecule has 0 radical (unpaired) electrons. The first kappa shape index (κ1) is 14.8. The first-order valence-corrected chi connectivity index (χ1v) is 9.14. The third-order valence-corrected chi connectivity index (χ3v) is 7.11. The molecule has 1 aromatic rings. The molecule has 0 N–H and O–H groups in total. The molecule has 116 valence electrons. The van der Waals surface area contributed by atoms with Gasteiger partial charge in [0.2, 0.25) is 0 Å². The molecule has 2 fully saturated rings. The van der Waals surface area contributed by atoms with Gasteiger partial charge < -0.3 is 9.47 Å². The summed E-state index contributed by atoms with van der Waals surface area (Å²) >= 11 is 0. The lowest BCUT2D eigenvalue weighted by Crippen LogP contribution is -2.54. The number of hydrogen-bond donors (Lipinski definition) is 0. The van der Waals surface area contributed by atoms with Crippen molar-refractivity contribution >= 4 is 16.6 Å². The lowest BCUT2D eigenvalue weighted by atomic mass is 10.0. The summed E-state index contributed by atoms with van der Waals surface area (Å²) in [6.07, 6.45) is 7.42. The van der Waals surface area contributed by atoms with Crippen LogP contribution < -0.4 is 10.5 Å². The highest BCUT2D eigenvalue weighted by atomic mass is 32.2. The van der Waals surface area contributed by atoms with Gasteiger partial charge in [0, 0.05) is 48.1 Å². The van der Waals surface area contributed by atoms with Crippen LogP contribution in [0.5, 0.6) is 0 Å². The van der Waals surface area contributed by atoms with Crippen LogP contribution in [0.15, 0.2) is 17.2 Å². The summed E-state index contributed by atoms with van der Waals surface area (Å²) in [6, 6.07) is 0.361. The van der Waals surface area contributed by atoms with Gasteiger partial charge in [0.15, 0.2) is 5.82 Å². The third kappa shape index (κ3) is 2.54. The van der Waals surface area contributed by atoms with E-state index in [2.05, 4.69) is 23.7 Å². The average molecular weight is 309 g/mol. The van der Waals surface area contributed by atoms with E-state index < -0.39 is 10.8 Å². The quantitative estimate of drug-likeness (QED) is 0.849. The van der Waals surface area contributed by atoms with Crippen molar-refractivity contribution < 1.29 is 4.21 Å². The summed E-state index contributed by atoms with van der Waals surface area (Å²) in [5.74, 6) is 1.16. The molecule has 6 heteroatoms. The van der Waals surface area contributed by atoms with Crippen LogP contribution in [0.1, 0.15) is 45.6 Å². The van der Waals surface area contributed by atoms with Crippen molar-refractivity contribution in [3.63, 3.8) is 0 Å². The van der Waals surface area contributed by atoms with Crippen LogP contribution in [-0.4, -0.2) is 37.3 Å². The molecule has 1 aliphatic carbocycles. The van der Waals surface area contributed by atoms with Gasteiger partial charge in [0.25, 0.3) is 5.56 Å². The predicted molar refractivity (Wildman–Crippen MR) is 85.3 cm³/mol. The molecule has 0 aromatic carbocycles. The number of anilines is 1. The molecule has 0 bridgehead atoms. The van der Waals surface area contributed by atoms with Crippen molar-refractivity contribution in [3.8, 4) is 0 Å². The smallest absolute Gasteiger partial charge is 0.293 e. The van der Waals surface area contributed by atoms with Crippen molar-refractivity contribution in [3.05, 3.63) is 22.7 Å². The van der Waals surface area contributed by atoms with Crippen LogP contribution in [0.3, 0.4) is 0 Å². The second-order valence-corrected chi connectivity index (χ2v) is 8.02. The monoisotopic (exact) mass is 309 g/mol. The van der Waals surface area contributed by atoms with Crippen LogP contribution in [0.4, 0.5) is 5.82 Å². The molecule has 2 heterocycles. The molecule has 1 saturated carbocycles. The van der Waals surface area contributed by atoms with E-state index in [1.54, 1.807) is 12.4 Å². The Bertz CT molecular complexity index is 605. The summed E-state index contributed by atoms with van der Waals surface area (Å²) in [7, 11) is -0.818. The predicted octanol–water partition coefficient (Wildman–Crippen LogP) is 1.71. The van der Waals surface area contributed by atoms with Gasteiger partial charge in [-0.1, -0.05) is 13.8 Å². The van der Waals surface area contributed by atoms with Gasteiger partial charge in [-0.05, 0) is 25.7 Å². The molecular weight excluding hydrogens is 286 g/mol. The third-order valence-electron chi connectivity index (χ3n) is 4.89. The second kappa shape index (κ2) is 5.55. The van der Waals surface area contributed by atoms with E-state index in [1.807, 2.05) is 4.57 Å². The zero-order chi connectivity index (χ0) is 15.0. The lowest BCUT2D eigenvalue weighted by molar-refractivity contribution is 0.492. The molecule has 1 atom stereocenters. The SMILES string of the molecule is CCC1(CC)CN(c2nccn(C3CC3)c2=O)CCS1=O. The van der Waals surface area contributed by atoms with Crippen molar-refractivity contribution in [2.24, 2.45) is 0 Å². The molecule has 0 amide bonds. The minimum Gasteiger partial charge on any atom is -0.350 e. The zero-order valence-electron chi connectivity index (χ0n) is 12.7. The summed E-state index contributed by atoms with van der Waals surface area (Å²) in [6.45, 7) is 5.51. The van der Waals surface area contributed by atoms with E-state index in [1.165, 1.54) is 0 Å². The minimum absolute atomic E-state index is 0.00814. The molecule has 2 aliphatic rings. The standard InChI is InChI=1S/C15H23N3O2S/c1-3-15(4-2)11-17(9-10-21(15)20)13-14(19)18(8-7-16-13)12-5-6-12/h7-8,12H,3-6,9-11H2,1-2H3. The molecule has 0 spiro atoms. The molecular formula is C15H23N3O2S. The summed E-state index contributed by atoms with van der Waals surface area (Å²) in [5.41, 5.74) is 0.00814. The molecule has 21 heavy (non-hydrogen) atoms. The van der Waals surface area contributed by atoms with Crippen LogP contribution in [0, 0.1) is 0 Å². The highest BCUT2D eigenvalue weighted by molar-refractivity contribution is 7.86. The molecule has 3 rings (SSSR count). The van der Waals surface area contributed by atoms with Gasteiger partial charge in [-0.2, -0.15) is 0 Å². The van der Waals surface area contributed by atoms with Crippen LogP contribution in [0.2, 0.25) is 0 Å². The Labute approximate surface area is 127 Å². The normalized spacial score (nSPS) is 25.0. The lowest BCUT2D eigenvalue weighted by Gasteiger charge is -2.41. The van der Waals surface area contributed by atoms with Crippen LogP contribution >= 0.6 is 0 Å². The Hall–Kier alpha value is -1.17. The maximum absolute atomic E-state index is 12.6. The fraction of sp³-hybridized carbons (Fsp3) is 0.733. The molecule has 1 aliphatic heterocycles.